The van der Waals surface area contributed by atoms with Crippen molar-refractivity contribution in [2.45, 2.75) is 6.54 Å². The number of rotatable bonds is 3. The molecule has 0 fully saturated rings. The summed E-state index contributed by atoms with van der Waals surface area (Å²) < 4.78 is 52.5. The van der Waals surface area contributed by atoms with E-state index in [9.17, 15) is 17.6 Å². The lowest BCUT2D eigenvalue weighted by Crippen LogP contribution is -2.05. The van der Waals surface area contributed by atoms with Crippen molar-refractivity contribution in [3.8, 4) is 6.07 Å². The topological polar surface area (TPSA) is 35.8 Å². The molecule has 0 unspecified atom stereocenters. The van der Waals surface area contributed by atoms with Gasteiger partial charge in [0.2, 0.25) is 0 Å². The number of nitrogens with one attached hydrogen (secondary N) is 1. The zero-order valence-electron chi connectivity index (χ0n) is 10.1. The second-order valence-electron chi connectivity index (χ2n) is 3.99. The highest BCUT2D eigenvalue weighted by atomic mass is 19.2. The van der Waals surface area contributed by atoms with Gasteiger partial charge in [0, 0.05) is 18.2 Å². The smallest absolute Gasteiger partial charge is 0.161 e. The van der Waals surface area contributed by atoms with Gasteiger partial charge in [0.05, 0.1) is 5.69 Å². The lowest BCUT2D eigenvalue weighted by Gasteiger charge is -2.09. The Labute approximate surface area is 112 Å². The summed E-state index contributed by atoms with van der Waals surface area (Å²) >= 11 is 0. The Balaban J connectivity index is 2.24. The molecule has 2 aromatic carbocycles. The lowest BCUT2D eigenvalue weighted by atomic mass is 10.1. The van der Waals surface area contributed by atoms with Crippen molar-refractivity contribution in [3.05, 3.63) is 64.7 Å². The van der Waals surface area contributed by atoms with Crippen molar-refractivity contribution >= 4 is 5.69 Å². The molecule has 6 heteroatoms. The summed E-state index contributed by atoms with van der Waals surface area (Å²) in [5, 5.41) is 11.4. The average Bonchev–Trinajstić information content (AvgIpc) is 2.41. The third-order valence-electron chi connectivity index (χ3n) is 2.68. The van der Waals surface area contributed by atoms with Crippen LogP contribution in [0.5, 0.6) is 0 Å². The summed E-state index contributed by atoms with van der Waals surface area (Å²) in [6.07, 6.45) is 0. The third kappa shape index (κ3) is 2.72. The van der Waals surface area contributed by atoms with Crippen molar-refractivity contribution < 1.29 is 17.6 Å². The van der Waals surface area contributed by atoms with Gasteiger partial charge in [0.1, 0.15) is 23.3 Å². The molecule has 2 rings (SSSR count). The molecule has 0 amide bonds. The Kier molecular flexibility index (Phi) is 3.89. The fourth-order valence-corrected chi connectivity index (χ4v) is 1.67. The maximum Gasteiger partial charge on any atom is 0.161 e. The summed E-state index contributed by atoms with van der Waals surface area (Å²) in [6.45, 7) is -0.207. The predicted molar refractivity (Wildman–Crippen MR) is 64.8 cm³/mol. The van der Waals surface area contributed by atoms with E-state index in [-0.39, 0.29) is 23.4 Å². The summed E-state index contributed by atoms with van der Waals surface area (Å²) in [5.74, 6) is -4.10. The van der Waals surface area contributed by atoms with Crippen LogP contribution in [0.3, 0.4) is 0 Å². The van der Waals surface area contributed by atoms with Crippen LogP contribution in [0, 0.1) is 34.6 Å². The minimum atomic E-state index is -1.28. The van der Waals surface area contributed by atoms with Gasteiger partial charge in [-0.1, -0.05) is 6.07 Å². The van der Waals surface area contributed by atoms with E-state index in [4.69, 9.17) is 5.26 Å². The maximum absolute atomic E-state index is 13.4. The van der Waals surface area contributed by atoms with E-state index in [1.54, 1.807) is 6.07 Å². The minimum Gasteiger partial charge on any atom is -0.380 e. The van der Waals surface area contributed by atoms with Crippen LogP contribution in [-0.4, -0.2) is 0 Å². The molecule has 102 valence electrons. The first kappa shape index (κ1) is 13.9. The number of benzene rings is 2. The van der Waals surface area contributed by atoms with Gasteiger partial charge in [-0.25, -0.2) is 17.6 Å². The van der Waals surface area contributed by atoms with Crippen molar-refractivity contribution in [3.63, 3.8) is 0 Å². The van der Waals surface area contributed by atoms with E-state index in [0.717, 1.165) is 6.07 Å². The van der Waals surface area contributed by atoms with Crippen molar-refractivity contribution in [1.29, 1.82) is 5.26 Å². The van der Waals surface area contributed by atoms with Crippen LogP contribution >= 0.6 is 0 Å². The first-order valence-corrected chi connectivity index (χ1v) is 5.59. The monoisotopic (exact) mass is 280 g/mol. The number of nitrogens with zero attached hydrogens (tertiary/aromatic N) is 1. The van der Waals surface area contributed by atoms with Gasteiger partial charge < -0.3 is 5.32 Å². The third-order valence-corrected chi connectivity index (χ3v) is 2.68. The highest BCUT2D eigenvalue weighted by Gasteiger charge is 2.11. The summed E-state index contributed by atoms with van der Waals surface area (Å²) in [7, 11) is 0. The molecule has 0 radical (unpaired) electrons. The number of hydrogen-bond acceptors (Lipinski definition) is 2. The van der Waals surface area contributed by atoms with E-state index < -0.39 is 23.3 Å². The SMILES string of the molecule is N#Cc1c(F)cccc1NCc1cc(F)c(F)cc1F. The van der Waals surface area contributed by atoms with E-state index in [1.165, 1.54) is 12.1 Å². The van der Waals surface area contributed by atoms with E-state index in [2.05, 4.69) is 5.32 Å². The molecular formula is C14H8F4N2. The molecule has 0 saturated heterocycles. The largest absolute Gasteiger partial charge is 0.380 e. The van der Waals surface area contributed by atoms with Gasteiger partial charge in [-0.2, -0.15) is 5.26 Å². The molecular weight excluding hydrogens is 272 g/mol. The highest BCUT2D eigenvalue weighted by Crippen LogP contribution is 2.20. The number of hydrogen-bond donors (Lipinski definition) is 1. The van der Waals surface area contributed by atoms with Crippen molar-refractivity contribution in [1.82, 2.24) is 0 Å². The molecule has 0 aliphatic heterocycles. The molecule has 2 aromatic rings. The first-order valence-electron chi connectivity index (χ1n) is 5.59. The van der Waals surface area contributed by atoms with Gasteiger partial charge >= 0.3 is 0 Å². The van der Waals surface area contributed by atoms with E-state index >= 15 is 0 Å². The predicted octanol–water partition coefficient (Wildman–Crippen LogP) is 3.73. The second kappa shape index (κ2) is 5.61. The normalized spacial score (nSPS) is 10.2. The highest BCUT2D eigenvalue weighted by molar-refractivity contribution is 5.58. The van der Waals surface area contributed by atoms with Gasteiger partial charge in [0.15, 0.2) is 11.6 Å². The van der Waals surface area contributed by atoms with Crippen LogP contribution in [-0.2, 0) is 6.54 Å². The molecule has 0 bridgehead atoms. The van der Waals surface area contributed by atoms with Gasteiger partial charge in [-0.15, -0.1) is 0 Å². The van der Waals surface area contributed by atoms with Crippen LogP contribution in [0.2, 0.25) is 0 Å². The molecule has 0 spiro atoms. The quantitative estimate of drug-likeness (QED) is 0.687. The zero-order valence-corrected chi connectivity index (χ0v) is 10.1. The number of halogens is 4. The molecule has 2 nitrogen and oxygen atoms in total. The van der Waals surface area contributed by atoms with Crippen molar-refractivity contribution in [2.24, 2.45) is 0 Å². The standard InChI is InChI=1S/C14H8F4N2/c15-10-2-1-3-14(9(10)6-19)20-7-8-4-12(17)13(18)5-11(8)16/h1-5,20H,7H2. The van der Waals surface area contributed by atoms with E-state index in [0.29, 0.717) is 12.1 Å². The Morgan fingerprint density at radius 1 is 0.950 bits per heavy atom. The Morgan fingerprint density at radius 2 is 1.65 bits per heavy atom. The van der Waals surface area contributed by atoms with Gasteiger partial charge in [0.25, 0.3) is 0 Å². The molecule has 0 saturated carbocycles. The molecule has 0 aromatic heterocycles. The first-order chi connectivity index (χ1) is 9.52. The molecule has 0 aliphatic rings. The van der Waals surface area contributed by atoms with Crippen LogP contribution in [0.1, 0.15) is 11.1 Å². The van der Waals surface area contributed by atoms with Gasteiger partial charge in [-0.05, 0) is 18.2 Å². The van der Waals surface area contributed by atoms with Crippen LogP contribution in [0.15, 0.2) is 30.3 Å². The minimum absolute atomic E-state index is 0.128. The van der Waals surface area contributed by atoms with Gasteiger partial charge in [-0.3, -0.25) is 0 Å². The fraction of sp³-hybridized carbons (Fsp3) is 0.0714. The summed E-state index contributed by atoms with van der Waals surface area (Å²) in [5.41, 5.74) is -0.204. The molecule has 1 N–H and O–H groups in total. The molecule has 0 atom stereocenters. The second-order valence-corrected chi connectivity index (χ2v) is 3.99. The number of nitriles is 1. The molecule has 20 heavy (non-hydrogen) atoms. The Morgan fingerprint density at radius 3 is 2.35 bits per heavy atom. The average molecular weight is 280 g/mol. The van der Waals surface area contributed by atoms with Crippen LogP contribution in [0.4, 0.5) is 23.2 Å². The summed E-state index contributed by atoms with van der Waals surface area (Å²) in [4.78, 5) is 0. The summed E-state index contributed by atoms with van der Waals surface area (Å²) in [6, 6.07) is 6.73. The van der Waals surface area contributed by atoms with Crippen LogP contribution < -0.4 is 5.32 Å². The molecule has 0 aliphatic carbocycles. The molecule has 0 heterocycles. The van der Waals surface area contributed by atoms with Crippen molar-refractivity contribution in [2.75, 3.05) is 5.32 Å². The Hall–Kier alpha value is -2.55. The maximum atomic E-state index is 13.4. The van der Waals surface area contributed by atoms with Crippen LogP contribution in [0.25, 0.3) is 0 Å². The fourth-order valence-electron chi connectivity index (χ4n) is 1.67. The van der Waals surface area contributed by atoms with E-state index in [1.807, 2.05) is 0 Å². The zero-order chi connectivity index (χ0) is 14.7. The number of anilines is 1. The lowest BCUT2D eigenvalue weighted by molar-refractivity contribution is 0.490. The Bertz CT molecular complexity index is 692.